The van der Waals surface area contributed by atoms with Gasteiger partial charge in [-0.2, -0.15) is 0 Å². The van der Waals surface area contributed by atoms with Crippen molar-refractivity contribution in [1.29, 1.82) is 0 Å². The van der Waals surface area contributed by atoms with Gasteiger partial charge in [0.1, 0.15) is 12.4 Å². The maximum atomic E-state index is 9.52. The largest absolute Gasteiger partial charge is 0.490 e. The molecule has 3 aromatic rings. The highest BCUT2D eigenvalue weighted by atomic mass is 16.5. The fourth-order valence-corrected chi connectivity index (χ4v) is 2.74. The summed E-state index contributed by atoms with van der Waals surface area (Å²) in [6.45, 7) is 3.82. The van der Waals surface area contributed by atoms with Gasteiger partial charge < -0.3 is 19.1 Å². The number of benzene rings is 2. The van der Waals surface area contributed by atoms with Crippen LogP contribution in [-0.2, 0) is 13.2 Å². The van der Waals surface area contributed by atoms with Gasteiger partial charge in [-0.3, -0.25) is 0 Å². The summed E-state index contributed by atoms with van der Waals surface area (Å²) in [5.74, 6) is 2.22. The number of hydrogen-bond donors (Lipinski definition) is 1. The molecule has 0 amide bonds. The Labute approximate surface area is 141 Å². The maximum Gasteiger partial charge on any atom is 0.161 e. The number of imidazole rings is 1. The van der Waals surface area contributed by atoms with E-state index >= 15 is 0 Å². The van der Waals surface area contributed by atoms with Crippen molar-refractivity contribution >= 4 is 11.0 Å². The quantitative estimate of drug-likeness (QED) is 0.645. The van der Waals surface area contributed by atoms with E-state index < -0.39 is 0 Å². The van der Waals surface area contributed by atoms with Gasteiger partial charge in [0.25, 0.3) is 0 Å². The van der Waals surface area contributed by atoms with Crippen molar-refractivity contribution in [3.8, 4) is 11.5 Å². The van der Waals surface area contributed by atoms with Crippen LogP contribution in [0.15, 0.2) is 48.5 Å². The van der Waals surface area contributed by atoms with Gasteiger partial charge >= 0.3 is 0 Å². The first-order valence-electron chi connectivity index (χ1n) is 8.23. The van der Waals surface area contributed by atoms with E-state index in [4.69, 9.17) is 9.47 Å². The molecule has 1 heterocycles. The molecular weight excluding hydrogens is 304 g/mol. The average molecular weight is 326 g/mol. The van der Waals surface area contributed by atoms with Crippen LogP contribution in [0.2, 0.25) is 0 Å². The summed E-state index contributed by atoms with van der Waals surface area (Å²) in [7, 11) is 0. The molecule has 0 atom stereocenters. The first-order valence-corrected chi connectivity index (χ1v) is 8.23. The lowest BCUT2D eigenvalue weighted by Crippen LogP contribution is -2.08. The molecule has 0 bridgehead atoms. The molecule has 0 spiro atoms. The van der Waals surface area contributed by atoms with Gasteiger partial charge in [-0.1, -0.05) is 24.3 Å². The highest BCUT2D eigenvalue weighted by Crippen LogP contribution is 2.26. The van der Waals surface area contributed by atoms with E-state index in [-0.39, 0.29) is 6.61 Å². The third kappa shape index (κ3) is 3.51. The van der Waals surface area contributed by atoms with Gasteiger partial charge in [-0.15, -0.1) is 0 Å². The molecule has 24 heavy (non-hydrogen) atoms. The number of aliphatic hydroxyl groups is 1. The van der Waals surface area contributed by atoms with Crippen LogP contribution in [-0.4, -0.2) is 27.9 Å². The number of aromatic nitrogens is 2. The van der Waals surface area contributed by atoms with Crippen molar-refractivity contribution in [3.05, 3.63) is 54.4 Å². The Kier molecular flexibility index (Phi) is 5.33. The van der Waals surface area contributed by atoms with Crippen LogP contribution in [0, 0.1) is 0 Å². The van der Waals surface area contributed by atoms with Gasteiger partial charge in [-0.05, 0) is 37.6 Å². The molecule has 0 aliphatic heterocycles. The topological polar surface area (TPSA) is 56.5 Å². The van der Waals surface area contributed by atoms with E-state index in [2.05, 4.69) is 4.98 Å². The third-order valence-corrected chi connectivity index (χ3v) is 3.81. The lowest BCUT2D eigenvalue weighted by atomic mass is 10.3. The standard InChI is InChI=1S/C19H22N2O3/c1-2-23-17-10-5-6-11-18(17)24-13-7-12-21-16-9-4-3-8-15(16)20-19(21)14-22/h3-6,8-11,22H,2,7,12-14H2,1H3. The molecule has 5 nitrogen and oxygen atoms in total. The Hall–Kier alpha value is -2.53. The van der Waals surface area contributed by atoms with Gasteiger partial charge in [-0.25, -0.2) is 4.98 Å². The second-order valence-corrected chi connectivity index (χ2v) is 5.41. The summed E-state index contributed by atoms with van der Waals surface area (Å²) in [6.07, 6.45) is 0.813. The Morgan fingerprint density at radius 3 is 2.46 bits per heavy atom. The van der Waals surface area contributed by atoms with Crippen LogP contribution in [0.1, 0.15) is 19.2 Å². The Morgan fingerprint density at radius 1 is 1.00 bits per heavy atom. The number of fused-ring (bicyclic) bond motifs is 1. The van der Waals surface area contributed by atoms with E-state index in [1.54, 1.807) is 0 Å². The first-order chi connectivity index (χ1) is 11.8. The lowest BCUT2D eigenvalue weighted by molar-refractivity contribution is 0.256. The number of nitrogens with zero attached hydrogens (tertiary/aromatic N) is 2. The van der Waals surface area contributed by atoms with E-state index in [0.717, 1.165) is 35.5 Å². The maximum absolute atomic E-state index is 9.52. The van der Waals surface area contributed by atoms with E-state index in [1.807, 2.05) is 60.0 Å². The van der Waals surface area contributed by atoms with Crippen molar-refractivity contribution in [2.24, 2.45) is 0 Å². The Balaban J connectivity index is 1.63. The van der Waals surface area contributed by atoms with Crippen molar-refractivity contribution in [2.75, 3.05) is 13.2 Å². The molecule has 0 radical (unpaired) electrons. The summed E-state index contributed by atoms with van der Waals surface area (Å²) in [4.78, 5) is 4.46. The first kappa shape index (κ1) is 16.3. The predicted molar refractivity (Wildman–Crippen MR) is 93.4 cm³/mol. The molecular formula is C19H22N2O3. The molecule has 1 N–H and O–H groups in total. The summed E-state index contributed by atoms with van der Waals surface area (Å²) < 4.78 is 13.5. The highest BCUT2D eigenvalue weighted by molar-refractivity contribution is 5.75. The summed E-state index contributed by atoms with van der Waals surface area (Å²) in [6, 6.07) is 15.6. The van der Waals surface area contributed by atoms with E-state index in [0.29, 0.717) is 19.0 Å². The van der Waals surface area contributed by atoms with Crippen LogP contribution in [0.5, 0.6) is 11.5 Å². The molecule has 5 heteroatoms. The molecule has 2 aromatic carbocycles. The monoisotopic (exact) mass is 326 g/mol. The number of para-hydroxylation sites is 4. The molecule has 1 aromatic heterocycles. The average Bonchev–Trinajstić information content (AvgIpc) is 2.98. The molecule has 0 saturated carbocycles. The second-order valence-electron chi connectivity index (χ2n) is 5.41. The SMILES string of the molecule is CCOc1ccccc1OCCCn1c(CO)nc2ccccc21. The zero-order chi connectivity index (χ0) is 16.8. The molecule has 0 saturated heterocycles. The van der Waals surface area contributed by atoms with Crippen molar-refractivity contribution in [3.63, 3.8) is 0 Å². The minimum atomic E-state index is -0.0668. The van der Waals surface area contributed by atoms with E-state index in [9.17, 15) is 5.11 Å². The minimum Gasteiger partial charge on any atom is -0.490 e. The van der Waals surface area contributed by atoms with Gasteiger partial charge in [0.2, 0.25) is 0 Å². The van der Waals surface area contributed by atoms with Crippen LogP contribution in [0.25, 0.3) is 11.0 Å². The van der Waals surface area contributed by atoms with Gasteiger partial charge in [0, 0.05) is 6.54 Å². The molecule has 0 aliphatic carbocycles. The zero-order valence-corrected chi connectivity index (χ0v) is 13.8. The summed E-state index contributed by atoms with van der Waals surface area (Å²) in [5.41, 5.74) is 1.94. The fourth-order valence-electron chi connectivity index (χ4n) is 2.74. The zero-order valence-electron chi connectivity index (χ0n) is 13.8. The van der Waals surface area contributed by atoms with Crippen molar-refractivity contribution in [2.45, 2.75) is 26.5 Å². The minimum absolute atomic E-state index is 0.0668. The Morgan fingerprint density at radius 2 is 1.71 bits per heavy atom. The molecule has 0 unspecified atom stereocenters. The van der Waals surface area contributed by atoms with Gasteiger partial charge in [0.05, 0.1) is 24.2 Å². The fraction of sp³-hybridized carbons (Fsp3) is 0.316. The van der Waals surface area contributed by atoms with Crippen LogP contribution in [0.4, 0.5) is 0 Å². The number of aryl methyl sites for hydroxylation is 1. The molecule has 126 valence electrons. The summed E-state index contributed by atoms with van der Waals surface area (Å²) >= 11 is 0. The number of rotatable bonds is 8. The molecule has 0 aliphatic rings. The number of ether oxygens (including phenoxy) is 2. The van der Waals surface area contributed by atoms with E-state index in [1.165, 1.54) is 0 Å². The molecule has 0 fully saturated rings. The number of hydrogen-bond acceptors (Lipinski definition) is 4. The smallest absolute Gasteiger partial charge is 0.161 e. The second kappa shape index (κ2) is 7.84. The van der Waals surface area contributed by atoms with Crippen LogP contribution < -0.4 is 9.47 Å². The summed E-state index contributed by atoms with van der Waals surface area (Å²) in [5, 5.41) is 9.52. The number of aliphatic hydroxyl groups excluding tert-OH is 1. The molecule has 3 rings (SSSR count). The van der Waals surface area contributed by atoms with Crippen molar-refractivity contribution < 1.29 is 14.6 Å². The van der Waals surface area contributed by atoms with Crippen LogP contribution >= 0.6 is 0 Å². The predicted octanol–water partition coefficient (Wildman–Crippen LogP) is 3.40. The third-order valence-electron chi connectivity index (χ3n) is 3.81. The van der Waals surface area contributed by atoms with Crippen LogP contribution in [0.3, 0.4) is 0 Å². The highest BCUT2D eigenvalue weighted by Gasteiger charge is 2.09. The van der Waals surface area contributed by atoms with Crippen molar-refractivity contribution in [1.82, 2.24) is 9.55 Å². The van der Waals surface area contributed by atoms with Gasteiger partial charge in [0.15, 0.2) is 11.5 Å². The lowest BCUT2D eigenvalue weighted by Gasteiger charge is -2.12. The Bertz CT molecular complexity index is 798. The normalized spacial score (nSPS) is 10.9.